The van der Waals surface area contributed by atoms with Gasteiger partial charge in [0.05, 0.1) is 17.6 Å². The first-order chi connectivity index (χ1) is 9.74. The number of nitrogens with zero attached hydrogens (tertiary/aromatic N) is 3. The number of phenolic OH excluding ortho intramolecular Hbond substituents is 1. The first kappa shape index (κ1) is 12.7. The molecule has 0 spiro atoms. The van der Waals surface area contributed by atoms with Crippen molar-refractivity contribution in [2.75, 3.05) is 36.8 Å². The van der Waals surface area contributed by atoms with E-state index in [1.165, 1.54) is 0 Å². The maximum absolute atomic E-state index is 9.40. The fraction of sp³-hybridized carbons (Fsp3) is 0.286. The Bertz CT molecular complexity index is 593. The minimum Gasteiger partial charge on any atom is -0.508 e. The monoisotopic (exact) mass is 271 g/mol. The van der Waals surface area contributed by atoms with Gasteiger partial charge in [-0.2, -0.15) is 0 Å². The van der Waals surface area contributed by atoms with Crippen LogP contribution in [0.25, 0.3) is 11.3 Å². The van der Waals surface area contributed by atoms with Crippen LogP contribution in [0.5, 0.6) is 5.75 Å². The van der Waals surface area contributed by atoms with Crippen LogP contribution in [0.2, 0.25) is 0 Å². The van der Waals surface area contributed by atoms with E-state index in [-0.39, 0.29) is 11.7 Å². The smallest absolute Gasteiger partial charge is 0.220 e. The molecule has 1 saturated heterocycles. The van der Waals surface area contributed by atoms with Crippen molar-refractivity contribution in [3.05, 3.63) is 30.5 Å². The predicted octanol–water partition coefficient (Wildman–Crippen LogP) is 0.841. The van der Waals surface area contributed by atoms with Gasteiger partial charge in [-0.25, -0.2) is 9.97 Å². The summed E-state index contributed by atoms with van der Waals surface area (Å²) in [5, 5.41) is 12.7. The van der Waals surface area contributed by atoms with Crippen LogP contribution in [0.4, 0.5) is 11.6 Å². The van der Waals surface area contributed by atoms with E-state index in [2.05, 4.69) is 20.2 Å². The SMILES string of the molecule is Nc1ncc(N2CCNCC2)c(-c2ccc(O)cc2)n1. The van der Waals surface area contributed by atoms with Gasteiger partial charge in [-0.05, 0) is 24.3 Å². The van der Waals surface area contributed by atoms with Gasteiger partial charge in [-0.3, -0.25) is 0 Å². The van der Waals surface area contributed by atoms with E-state index < -0.39 is 0 Å². The number of nitrogen functional groups attached to an aromatic ring is 1. The number of hydrogen-bond acceptors (Lipinski definition) is 6. The molecule has 6 heteroatoms. The summed E-state index contributed by atoms with van der Waals surface area (Å²) in [4.78, 5) is 10.7. The van der Waals surface area contributed by atoms with Crippen molar-refractivity contribution in [3.63, 3.8) is 0 Å². The minimum absolute atomic E-state index is 0.236. The van der Waals surface area contributed by atoms with Gasteiger partial charge in [0.1, 0.15) is 5.75 Å². The quantitative estimate of drug-likeness (QED) is 0.750. The number of anilines is 2. The van der Waals surface area contributed by atoms with E-state index in [9.17, 15) is 5.11 Å². The summed E-state index contributed by atoms with van der Waals surface area (Å²) in [7, 11) is 0. The molecule has 1 aromatic carbocycles. The molecule has 104 valence electrons. The summed E-state index contributed by atoms with van der Waals surface area (Å²) in [5.41, 5.74) is 8.43. The zero-order chi connectivity index (χ0) is 13.9. The average molecular weight is 271 g/mol. The van der Waals surface area contributed by atoms with E-state index in [1.54, 1.807) is 18.3 Å². The zero-order valence-electron chi connectivity index (χ0n) is 11.1. The summed E-state index contributed by atoms with van der Waals surface area (Å²) in [6.45, 7) is 3.72. The zero-order valence-corrected chi connectivity index (χ0v) is 11.1. The van der Waals surface area contributed by atoms with Crippen molar-refractivity contribution >= 4 is 11.6 Å². The molecule has 4 N–H and O–H groups in total. The summed E-state index contributed by atoms with van der Waals surface area (Å²) >= 11 is 0. The van der Waals surface area contributed by atoms with Crippen molar-refractivity contribution in [3.8, 4) is 17.0 Å². The van der Waals surface area contributed by atoms with Gasteiger partial charge in [-0.1, -0.05) is 0 Å². The van der Waals surface area contributed by atoms with Gasteiger partial charge >= 0.3 is 0 Å². The van der Waals surface area contributed by atoms with Gasteiger partial charge in [0.2, 0.25) is 5.95 Å². The summed E-state index contributed by atoms with van der Waals surface area (Å²) in [6.07, 6.45) is 1.77. The van der Waals surface area contributed by atoms with Crippen LogP contribution in [-0.4, -0.2) is 41.3 Å². The summed E-state index contributed by atoms with van der Waals surface area (Å²) in [5.74, 6) is 0.492. The molecule has 2 heterocycles. The Morgan fingerprint density at radius 3 is 2.55 bits per heavy atom. The van der Waals surface area contributed by atoms with Crippen LogP contribution >= 0.6 is 0 Å². The van der Waals surface area contributed by atoms with Crippen LogP contribution in [0.15, 0.2) is 30.5 Å². The van der Waals surface area contributed by atoms with Gasteiger partial charge in [-0.15, -0.1) is 0 Å². The van der Waals surface area contributed by atoms with Crippen molar-refractivity contribution < 1.29 is 5.11 Å². The topological polar surface area (TPSA) is 87.3 Å². The van der Waals surface area contributed by atoms with Crippen LogP contribution < -0.4 is 16.0 Å². The molecule has 0 atom stereocenters. The normalized spacial score (nSPS) is 15.3. The lowest BCUT2D eigenvalue weighted by atomic mass is 10.1. The van der Waals surface area contributed by atoms with E-state index >= 15 is 0 Å². The number of rotatable bonds is 2. The molecule has 2 aromatic rings. The Kier molecular flexibility index (Phi) is 3.39. The second-order valence-electron chi connectivity index (χ2n) is 4.75. The molecule has 0 bridgehead atoms. The Labute approximate surface area is 117 Å². The maximum Gasteiger partial charge on any atom is 0.220 e. The lowest BCUT2D eigenvalue weighted by Gasteiger charge is -2.30. The van der Waals surface area contributed by atoms with E-state index in [1.807, 2.05) is 12.1 Å². The number of aromatic hydroxyl groups is 1. The van der Waals surface area contributed by atoms with Crippen molar-refractivity contribution in [1.29, 1.82) is 0 Å². The van der Waals surface area contributed by atoms with Crippen molar-refractivity contribution in [2.24, 2.45) is 0 Å². The minimum atomic E-state index is 0.236. The van der Waals surface area contributed by atoms with E-state index in [4.69, 9.17) is 5.73 Å². The molecule has 1 aromatic heterocycles. The highest BCUT2D eigenvalue weighted by atomic mass is 16.3. The molecule has 20 heavy (non-hydrogen) atoms. The van der Waals surface area contributed by atoms with Crippen LogP contribution in [0.3, 0.4) is 0 Å². The highest BCUT2D eigenvalue weighted by Gasteiger charge is 2.17. The molecule has 0 aliphatic carbocycles. The number of hydrogen-bond donors (Lipinski definition) is 3. The third-order valence-electron chi connectivity index (χ3n) is 3.39. The van der Waals surface area contributed by atoms with Crippen LogP contribution in [0, 0.1) is 0 Å². The second-order valence-corrected chi connectivity index (χ2v) is 4.75. The Morgan fingerprint density at radius 1 is 1.15 bits per heavy atom. The van der Waals surface area contributed by atoms with E-state index in [0.717, 1.165) is 43.1 Å². The number of piperazine rings is 1. The second kappa shape index (κ2) is 5.34. The first-order valence-corrected chi connectivity index (χ1v) is 6.61. The van der Waals surface area contributed by atoms with Gasteiger partial charge < -0.3 is 21.1 Å². The number of phenols is 1. The Hall–Kier alpha value is -2.34. The molecule has 0 unspecified atom stereocenters. The van der Waals surface area contributed by atoms with Crippen LogP contribution in [0.1, 0.15) is 0 Å². The number of aromatic nitrogens is 2. The molecule has 1 aliphatic rings. The molecule has 1 aliphatic heterocycles. The highest BCUT2D eigenvalue weighted by molar-refractivity contribution is 5.75. The standard InChI is InChI=1S/C14H17N5O/c15-14-17-9-12(19-7-5-16-6-8-19)13(18-14)10-1-3-11(20)4-2-10/h1-4,9,16,20H,5-8H2,(H2,15,17,18). The molecule has 0 amide bonds. The summed E-state index contributed by atoms with van der Waals surface area (Å²) < 4.78 is 0. The van der Waals surface area contributed by atoms with Gasteiger partial charge in [0, 0.05) is 31.7 Å². The number of nitrogens with one attached hydrogen (secondary N) is 1. The molecule has 6 nitrogen and oxygen atoms in total. The molecular weight excluding hydrogens is 254 g/mol. The molecule has 1 fully saturated rings. The maximum atomic E-state index is 9.40. The van der Waals surface area contributed by atoms with E-state index in [0.29, 0.717) is 0 Å². The first-order valence-electron chi connectivity index (χ1n) is 6.61. The Balaban J connectivity index is 2.03. The van der Waals surface area contributed by atoms with Crippen molar-refractivity contribution in [1.82, 2.24) is 15.3 Å². The summed E-state index contributed by atoms with van der Waals surface area (Å²) in [6, 6.07) is 6.97. The lowest BCUT2D eigenvalue weighted by Crippen LogP contribution is -2.43. The largest absolute Gasteiger partial charge is 0.508 e. The molecule has 3 rings (SSSR count). The molecular formula is C14H17N5O. The number of benzene rings is 1. The molecule has 0 saturated carbocycles. The Morgan fingerprint density at radius 2 is 1.85 bits per heavy atom. The van der Waals surface area contributed by atoms with Crippen molar-refractivity contribution in [2.45, 2.75) is 0 Å². The predicted molar refractivity (Wildman–Crippen MR) is 78.6 cm³/mol. The lowest BCUT2D eigenvalue weighted by molar-refractivity contribution is 0.475. The van der Waals surface area contributed by atoms with Crippen LogP contribution in [-0.2, 0) is 0 Å². The third-order valence-corrected chi connectivity index (χ3v) is 3.39. The third kappa shape index (κ3) is 2.50. The molecule has 0 radical (unpaired) electrons. The fourth-order valence-electron chi connectivity index (χ4n) is 2.36. The van der Waals surface area contributed by atoms with Gasteiger partial charge in [0.25, 0.3) is 0 Å². The van der Waals surface area contributed by atoms with Gasteiger partial charge in [0.15, 0.2) is 0 Å². The fourth-order valence-corrected chi connectivity index (χ4v) is 2.36. The average Bonchev–Trinajstić information content (AvgIpc) is 2.49. The number of nitrogens with two attached hydrogens (primary N) is 1. The highest BCUT2D eigenvalue weighted by Crippen LogP contribution is 2.30.